The maximum Gasteiger partial charge on any atom is 0.226 e. The molecule has 0 saturated carbocycles. The van der Waals surface area contributed by atoms with E-state index in [4.69, 9.17) is 9.47 Å². The van der Waals surface area contributed by atoms with Gasteiger partial charge >= 0.3 is 0 Å². The number of carbonyl (C=O) groups excluding carboxylic acids is 1. The summed E-state index contributed by atoms with van der Waals surface area (Å²) in [5.41, 5.74) is 0.788. The van der Waals surface area contributed by atoms with Crippen LogP contribution in [0.4, 0.5) is 5.69 Å². The second-order valence-corrected chi connectivity index (χ2v) is 4.85. The Balaban J connectivity index is 0.00000220. The number of benzene rings is 1. The van der Waals surface area contributed by atoms with Gasteiger partial charge in [-0.2, -0.15) is 0 Å². The molecule has 1 atom stereocenters. The Labute approximate surface area is 131 Å². The van der Waals surface area contributed by atoms with Gasteiger partial charge in [0, 0.05) is 24.7 Å². The summed E-state index contributed by atoms with van der Waals surface area (Å²) in [7, 11) is 0. The molecule has 1 aliphatic rings. The van der Waals surface area contributed by atoms with Crippen LogP contribution in [0, 0.1) is 0 Å². The van der Waals surface area contributed by atoms with E-state index >= 15 is 0 Å². The molecular formula is C15H23ClN2O3. The largest absolute Gasteiger partial charge is 0.494 e. The van der Waals surface area contributed by atoms with E-state index in [-0.39, 0.29) is 24.4 Å². The Kier molecular flexibility index (Phi) is 8.12. The Morgan fingerprint density at radius 3 is 2.81 bits per heavy atom. The molecule has 6 heteroatoms. The molecule has 1 unspecified atom stereocenters. The normalized spacial score (nSPS) is 17.7. The smallest absolute Gasteiger partial charge is 0.226 e. The number of nitrogens with one attached hydrogen (secondary N) is 2. The molecule has 0 radical (unpaired) electrons. The lowest BCUT2D eigenvalue weighted by molar-refractivity contribution is -0.117. The highest BCUT2D eigenvalue weighted by Gasteiger charge is 2.16. The Morgan fingerprint density at radius 2 is 2.19 bits per heavy atom. The van der Waals surface area contributed by atoms with Crippen molar-refractivity contribution in [3.63, 3.8) is 0 Å². The Bertz CT molecular complexity index is 419. The molecule has 2 N–H and O–H groups in total. The fourth-order valence-corrected chi connectivity index (χ4v) is 2.04. The van der Waals surface area contributed by atoms with Crippen molar-refractivity contribution in [2.75, 3.05) is 31.7 Å². The SMILES string of the molecule is CCCOc1ccc(NC(=O)CC2COCCN2)cc1.Cl. The zero-order valence-electron chi connectivity index (χ0n) is 12.3. The second-order valence-electron chi connectivity index (χ2n) is 4.85. The van der Waals surface area contributed by atoms with Gasteiger partial charge in [0.1, 0.15) is 5.75 Å². The predicted molar refractivity (Wildman–Crippen MR) is 85.3 cm³/mol. The molecule has 1 heterocycles. The van der Waals surface area contributed by atoms with Crippen molar-refractivity contribution in [2.45, 2.75) is 25.8 Å². The second kappa shape index (κ2) is 9.60. The van der Waals surface area contributed by atoms with E-state index in [9.17, 15) is 4.79 Å². The van der Waals surface area contributed by atoms with Crippen molar-refractivity contribution in [1.29, 1.82) is 0 Å². The van der Waals surface area contributed by atoms with E-state index in [2.05, 4.69) is 17.6 Å². The van der Waals surface area contributed by atoms with Crippen LogP contribution in [0.25, 0.3) is 0 Å². The van der Waals surface area contributed by atoms with E-state index in [1.165, 1.54) is 0 Å². The fraction of sp³-hybridized carbons (Fsp3) is 0.533. The number of hydrogen-bond acceptors (Lipinski definition) is 4. The molecule has 1 saturated heterocycles. The molecule has 1 aromatic rings. The van der Waals surface area contributed by atoms with Crippen molar-refractivity contribution in [3.8, 4) is 5.75 Å². The molecule has 0 aliphatic carbocycles. The third-order valence-electron chi connectivity index (χ3n) is 3.04. The van der Waals surface area contributed by atoms with Gasteiger partial charge in [0.15, 0.2) is 0 Å². The first-order valence-corrected chi connectivity index (χ1v) is 7.12. The number of morpholine rings is 1. The van der Waals surface area contributed by atoms with E-state index in [0.717, 1.165) is 31.0 Å². The monoisotopic (exact) mass is 314 g/mol. The van der Waals surface area contributed by atoms with E-state index in [0.29, 0.717) is 19.6 Å². The number of ether oxygens (including phenoxy) is 2. The average Bonchev–Trinajstić information content (AvgIpc) is 2.47. The highest BCUT2D eigenvalue weighted by molar-refractivity contribution is 5.91. The molecule has 118 valence electrons. The summed E-state index contributed by atoms with van der Waals surface area (Å²) in [6.45, 7) is 4.90. The quantitative estimate of drug-likeness (QED) is 0.845. The van der Waals surface area contributed by atoms with E-state index in [1.54, 1.807) is 0 Å². The van der Waals surface area contributed by atoms with E-state index < -0.39 is 0 Å². The summed E-state index contributed by atoms with van der Waals surface area (Å²) in [6.07, 6.45) is 1.41. The molecule has 0 aromatic heterocycles. The van der Waals surface area contributed by atoms with Gasteiger partial charge < -0.3 is 20.1 Å². The maximum absolute atomic E-state index is 11.9. The van der Waals surface area contributed by atoms with E-state index in [1.807, 2.05) is 24.3 Å². The van der Waals surface area contributed by atoms with Gasteiger partial charge in [-0.3, -0.25) is 4.79 Å². The highest BCUT2D eigenvalue weighted by Crippen LogP contribution is 2.16. The van der Waals surface area contributed by atoms with Gasteiger partial charge in [-0.15, -0.1) is 12.4 Å². The van der Waals surface area contributed by atoms with Gasteiger partial charge in [-0.25, -0.2) is 0 Å². The van der Waals surface area contributed by atoms with Crippen LogP contribution in [0.2, 0.25) is 0 Å². The van der Waals surface area contributed by atoms with Gasteiger partial charge in [-0.1, -0.05) is 6.92 Å². The first-order valence-electron chi connectivity index (χ1n) is 7.12. The first kappa shape index (κ1) is 17.8. The van der Waals surface area contributed by atoms with Gasteiger partial charge in [0.25, 0.3) is 0 Å². The number of hydrogen-bond donors (Lipinski definition) is 2. The van der Waals surface area contributed by atoms with Crippen LogP contribution in [-0.4, -0.2) is 38.3 Å². The summed E-state index contributed by atoms with van der Waals surface area (Å²) in [6, 6.07) is 7.55. The molecule has 0 spiro atoms. The number of amides is 1. The van der Waals surface area contributed by atoms with Crippen LogP contribution in [0.15, 0.2) is 24.3 Å². The van der Waals surface area contributed by atoms with Gasteiger partial charge in [0.05, 0.1) is 19.8 Å². The van der Waals surface area contributed by atoms with Crippen molar-refractivity contribution < 1.29 is 14.3 Å². The van der Waals surface area contributed by atoms with Crippen LogP contribution in [0.1, 0.15) is 19.8 Å². The fourth-order valence-electron chi connectivity index (χ4n) is 2.04. The summed E-state index contributed by atoms with van der Waals surface area (Å²) < 4.78 is 10.8. The molecule has 21 heavy (non-hydrogen) atoms. The third kappa shape index (κ3) is 6.33. The highest BCUT2D eigenvalue weighted by atomic mass is 35.5. The molecule has 1 amide bonds. The van der Waals surface area contributed by atoms with Crippen LogP contribution < -0.4 is 15.4 Å². The molecule has 5 nitrogen and oxygen atoms in total. The molecule has 0 bridgehead atoms. The van der Waals surface area contributed by atoms with Crippen molar-refractivity contribution in [3.05, 3.63) is 24.3 Å². The van der Waals surface area contributed by atoms with Crippen molar-refractivity contribution in [1.82, 2.24) is 5.32 Å². The zero-order chi connectivity index (χ0) is 14.2. The minimum atomic E-state index is -0.00442. The molecule has 1 aromatic carbocycles. The zero-order valence-corrected chi connectivity index (χ0v) is 13.1. The number of carbonyl (C=O) groups is 1. The summed E-state index contributed by atoms with van der Waals surface area (Å²) in [4.78, 5) is 11.9. The van der Waals surface area contributed by atoms with Crippen LogP contribution in [-0.2, 0) is 9.53 Å². The minimum absolute atomic E-state index is 0. The predicted octanol–water partition coefficient (Wildman–Crippen LogP) is 2.21. The van der Waals surface area contributed by atoms with Crippen LogP contribution in [0.3, 0.4) is 0 Å². The topological polar surface area (TPSA) is 59.6 Å². The number of rotatable bonds is 6. The van der Waals surface area contributed by atoms with Gasteiger partial charge in [0.2, 0.25) is 5.91 Å². The average molecular weight is 315 g/mol. The molecule has 1 fully saturated rings. The van der Waals surface area contributed by atoms with Gasteiger partial charge in [-0.05, 0) is 30.7 Å². The summed E-state index contributed by atoms with van der Waals surface area (Å²) >= 11 is 0. The molecule has 2 rings (SSSR count). The number of halogens is 1. The molecule has 1 aliphatic heterocycles. The van der Waals surface area contributed by atoms with Crippen LogP contribution >= 0.6 is 12.4 Å². The first-order chi connectivity index (χ1) is 9.78. The third-order valence-corrected chi connectivity index (χ3v) is 3.04. The van der Waals surface area contributed by atoms with Crippen molar-refractivity contribution in [2.24, 2.45) is 0 Å². The lowest BCUT2D eigenvalue weighted by Crippen LogP contribution is -2.43. The lowest BCUT2D eigenvalue weighted by atomic mass is 10.2. The standard InChI is InChI=1S/C15H22N2O3.ClH/c1-2-8-20-14-5-3-12(4-6-14)17-15(18)10-13-11-19-9-7-16-13;/h3-6,13,16H,2,7-11H2,1H3,(H,17,18);1H. The summed E-state index contributed by atoms with van der Waals surface area (Å²) in [5.74, 6) is 0.822. The van der Waals surface area contributed by atoms with Crippen molar-refractivity contribution >= 4 is 24.0 Å². The Morgan fingerprint density at radius 1 is 1.43 bits per heavy atom. The number of anilines is 1. The molecular weight excluding hydrogens is 292 g/mol. The van der Waals surface area contributed by atoms with Crippen LogP contribution in [0.5, 0.6) is 5.75 Å². The summed E-state index contributed by atoms with van der Waals surface area (Å²) in [5, 5.41) is 6.14. The maximum atomic E-state index is 11.9. The Hall–Kier alpha value is -1.30. The lowest BCUT2D eigenvalue weighted by Gasteiger charge is -2.23. The minimum Gasteiger partial charge on any atom is -0.494 e.